The van der Waals surface area contributed by atoms with Crippen LogP contribution in [-0.4, -0.2) is 20.0 Å². The van der Waals surface area contributed by atoms with E-state index in [0.29, 0.717) is 10.8 Å². The lowest BCUT2D eigenvalue weighted by atomic mass is 10.5. The minimum atomic E-state index is 0.610. The van der Waals surface area contributed by atoms with E-state index in [1.807, 2.05) is 13.0 Å². The minimum Gasteiger partial charge on any atom is -0.279 e. The second-order valence-corrected chi connectivity index (χ2v) is 2.81. The molecule has 2 aromatic rings. The van der Waals surface area contributed by atoms with Crippen molar-refractivity contribution in [3.05, 3.63) is 29.2 Å². The zero-order chi connectivity index (χ0) is 8.55. The molecule has 4 nitrogen and oxygen atoms in total. The highest BCUT2D eigenvalue weighted by Crippen LogP contribution is 2.19. The van der Waals surface area contributed by atoms with Gasteiger partial charge in [-0.3, -0.25) is 5.10 Å². The number of aromatic amines is 1. The number of halogens is 1. The van der Waals surface area contributed by atoms with Crippen molar-refractivity contribution >= 4 is 11.6 Å². The quantitative estimate of drug-likeness (QED) is 0.728. The molecule has 0 atom stereocenters. The number of aromatic nitrogens is 4. The number of nitrogens with one attached hydrogen (secondary N) is 1. The highest BCUT2D eigenvalue weighted by Gasteiger charge is 2.08. The lowest BCUT2D eigenvalue weighted by Gasteiger charge is -1.94. The summed E-state index contributed by atoms with van der Waals surface area (Å²) in [4.78, 5) is 0. The number of hydrogen-bond donors (Lipinski definition) is 1. The zero-order valence-corrected chi connectivity index (χ0v) is 7.21. The Labute approximate surface area is 74.2 Å². The Balaban J connectivity index is 2.55. The average Bonchev–Trinajstić information content (AvgIpc) is 2.64. The van der Waals surface area contributed by atoms with Crippen LogP contribution in [-0.2, 0) is 0 Å². The molecular formula is C7H7ClN4. The van der Waals surface area contributed by atoms with Crippen LogP contribution in [0.1, 0.15) is 5.69 Å². The Bertz CT molecular complexity index is 376. The topological polar surface area (TPSA) is 46.5 Å². The van der Waals surface area contributed by atoms with Crippen molar-refractivity contribution in [2.24, 2.45) is 0 Å². The van der Waals surface area contributed by atoms with Gasteiger partial charge in [0.1, 0.15) is 5.02 Å². The smallest absolute Gasteiger partial charge is 0.193 e. The molecular weight excluding hydrogens is 176 g/mol. The third-order valence-corrected chi connectivity index (χ3v) is 2.03. The van der Waals surface area contributed by atoms with Crippen molar-refractivity contribution in [3.8, 4) is 5.82 Å². The molecule has 0 radical (unpaired) electrons. The molecule has 5 heteroatoms. The molecule has 0 fully saturated rings. The van der Waals surface area contributed by atoms with E-state index in [4.69, 9.17) is 11.6 Å². The lowest BCUT2D eigenvalue weighted by Crippen LogP contribution is -1.94. The lowest BCUT2D eigenvalue weighted by molar-refractivity contribution is 0.835. The second-order valence-electron chi connectivity index (χ2n) is 2.44. The number of hydrogen-bond acceptors (Lipinski definition) is 2. The largest absolute Gasteiger partial charge is 0.279 e. The van der Waals surface area contributed by atoms with Gasteiger partial charge in [0.2, 0.25) is 0 Å². The first-order valence-electron chi connectivity index (χ1n) is 3.49. The summed E-state index contributed by atoms with van der Waals surface area (Å²) in [6, 6.07) is 1.82. The first-order valence-corrected chi connectivity index (χ1v) is 3.87. The SMILES string of the molecule is Cc1[nH]nc(-n2cccn2)c1Cl. The maximum atomic E-state index is 5.95. The summed E-state index contributed by atoms with van der Waals surface area (Å²) >= 11 is 5.95. The van der Waals surface area contributed by atoms with Crippen LogP contribution in [0.4, 0.5) is 0 Å². The van der Waals surface area contributed by atoms with E-state index in [9.17, 15) is 0 Å². The van der Waals surface area contributed by atoms with Crippen molar-refractivity contribution in [3.63, 3.8) is 0 Å². The predicted octanol–water partition coefficient (Wildman–Crippen LogP) is 1.56. The fourth-order valence-corrected chi connectivity index (χ4v) is 1.12. The fraction of sp³-hybridized carbons (Fsp3) is 0.143. The summed E-state index contributed by atoms with van der Waals surface area (Å²) in [5.74, 6) is 0.638. The van der Waals surface area contributed by atoms with E-state index < -0.39 is 0 Å². The minimum absolute atomic E-state index is 0.610. The molecule has 0 saturated heterocycles. The first kappa shape index (κ1) is 7.36. The summed E-state index contributed by atoms with van der Waals surface area (Å²) in [6.45, 7) is 1.86. The molecule has 0 saturated carbocycles. The van der Waals surface area contributed by atoms with Crippen LogP contribution < -0.4 is 0 Å². The Morgan fingerprint density at radius 2 is 2.42 bits per heavy atom. The molecule has 0 aliphatic heterocycles. The third kappa shape index (κ3) is 1.00. The van der Waals surface area contributed by atoms with E-state index in [1.165, 1.54) is 0 Å². The highest BCUT2D eigenvalue weighted by atomic mass is 35.5. The van der Waals surface area contributed by atoms with E-state index in [1.54, 1.807) is 17.1 Å². The van der Waals surface area contributed by atoms with Crippen LogP contribution in [0.5, 0.6) is 0 Å². The fourth-order valence-electron chi connectivity index (χ4n) is 0.949. The third-order valence-electron chi connectivity index (χ3n) is 1.58. The van der Waals surface area contributed by atoms with Gasteiger partial charge in [0, 0.05) is 12.4 Å². The van der Waals surface area contributed by atoms with Crippen molar-refractivity contribution in [2.45, 2.75) is 6.92 Å². The molecule has 62 valence electrons. The molecule has 0 spiro atoms. The number of nitrogens with zero attached hydrogens (tertiary/aromatic N) is 3. The second kappa shape index (κ2) is 2.64. The predicted molar refractivity (Wildman–Crippen MR) is 45.5 cm³/mol. The Kier molecular flexibility index (Phi) is 1.62. The Morgan fingerprint density at radius 1 is 1.58 bits per heavy atom. The van der Waals surface area contributed by atoms with Gasteiger partial charge in [0.05, 0.1) is 5.69 Å². The number of H-pyrrole nitrogens is 1. The van der Waals surface area contributed by atoms with Crippen LogP contribution in [0.25, 0.3) is 5.82 Å². The van der Waals surface area contributed by atoms with Gasteiger partial charge >= 0.3 is 0 Å². The standard InChI is InChI=1S/C7H7ClN4/c1-5-6(8)7(11-10-5)12-4-2-3-9-12/h2-4H,1H3,(H,10,11). The molecule has 12 heavy (non-hydrogen) atoms. The van der Waals surface area contributed by atoms with Crippen molar-refractivity contribution in [1.82, 2.24) is 20.0 Å². The Morgan fingerprint density at radius 3 is 2.92 bits per heavy atom. The number of aryl methyl sites for hydroxylation is 1. The van der Waals surface area contributed by atoms with Crippen molar-refractivity contribution in [1.29, 1.82) is 0 Å². The van der Waals surface area contributed by atoms with Crippen LogP contribution in [0.15, 0.2) is 18.5 Å². The van der Waals surface area contributed by atoms with Gasteiger partial charge in [0.15, 0.2) is 5.82 Å². The summed E-state index contributed by atoms with van der Waals surface area (Å²) in [5.41, 5.74) is 0.849. The van der Waals surface area contributed by atoms with E-state index in [-0.39, 0.29) is 0 Å². The van der Waals surface area contributed by atoms with Gasteiger partial charge in [-0.1, -0.05) is 11.6 Å². The first-order chi connectivity index (χ1) is 5.79. The molecule has 2 aromatic heterocycles. The van der Waals surface area contributed by atoms with Gasteiger partial charge in [-0.15, -0.1) is 0 Å². The highest BCUT2D eigenvalue weighted by molar-refractivity contribution is 6.32. The molecule has 0 bridgehead atoms. The van der Waals surface area contributed by atoms with Crippen LogP contribution in [0.2, 0.25) is 5.02 Å². The van der Waals surface area contributed by atoms with E-state index in [2.05, 4.69) is 15.3 Å². The van der Waals surface area contributed by atoms with E-state index in [0.717, 1.165) is 5.69 Å². The van der Waals surface area contributed by atoms with Crippen LogP contribution >= 0.6 is 11.6 Å². The van der Waals surface area contributed by atoms with Crippen LogP contribution in [0, 0.1) is 6.92 Å². The zero-order valence-electron chi connectivity index (χ0n) is 6.45. The number of rotatable bonds is 1. The van der Waals surface area contributed by atoms with Crippen molar-refractivity contribution in [2.75, 3.05) is 0 Å². The monoisotopic (exact) mass is 182 g/mol. The molecule has 0 aliphatic rings. The molecule has 0 amide bonds. The van der Waals surface area contributed by atoms with E-state index >= 15 is 0 Å². The van der Waals surface area contributed by atoms with Gasteiger partial charge in [0.25, 0.3) is 0 Å². The molecule has 1 N–H and O–H groups in total. The van der Waals surface area contributed by atoms with Gasteiger partial charge in [-0.25, -0.2) is 4.68 Å². The molecule has 0 aromatic carbocycles. The maximum Gasteiger partial charge on any atom is 0.193 e. The van der Waals surface area contributed by atoms with Crippen molar-refractivity contribution < 1.29 is 0 Å². The maximum absolute atomic E-state index is 5.95. The van der Waals surface area contributed by atoms with Crippen LogP contribution in [0.3, 0.4) is 0 Å². The molecule has 0 aliphatic carbocycles. The summed E-state index contributed by atoms with van der Waals surface area (Å²) in [6.07, 6.45) is 3.47. The summed E-state index contributed by atoms with van der Waals surface area (Å²) in [5, 5.41) is 11.4. The van der Waals surface area contributed by atoms with Gasteiger partial charge < -0.3 is 0 Å². The van der Waals surface area contributed by atoms with Gasteiger partial charge in [-0.2, -0.15) is 10.2 Å². The normalized spacial score (nSPS) is 10.5. The summed E-state index contributed by atoms with van der Waals surface area (Å²) in [7, 11) is 0. The summed E-state index contributed by atoms with van der Waals surface area (Å²) < 4.78 is 1.62. The average molecular weight is 183 g/mol. The molecule has 0 unspecified atom stereocenters. The molecule has 2 rings (SSSR count). The Hall–Kier alpha value is -1.29. The van der Waals surface area contributed by atoms with Gasteiger partial charge in [-0.05, 0) is 13.0 Å². The molecule has 2 heterocycles.